The first-order valence-corrected chi connectivity index (χ1v) is 12.3. The number of hydrogen-bond acceptors (Lipinski definition) is 7. The zero-order valence-electron chi connectivity index (χ0n) is 22.7. The lowest BCUT2D eigenvalue weighted by atomic mass is 10.2. The number of benzene rings is 2. The number of unbranched alkanes of at least 4 members (excludes halogenated alkanes) is 1. The first-order valence-electron chi connectivity index (χ1n) is 12.3. The number of para-hydroxylation sites is 2. The SMILES string of the molecule is CCCCOc1ccc(C(=O)Nc2ccccc2O/C(=C/C(=O)OC(C)(C)C)C(=O)OC(C)(C)C)cc1. The van der Waals surface area contributed by atoms with E-state index in [0.29, 0.717) is 23.6 Å². The van der Waals surface area contributed by atoms with Crippen LogP contribution in [0, 0.1) is 0 Å². The van der Waals surface area contributed by atoms with Crippen LogP contribution >= 0.6 is 0 Å². The van der Waals surface area contributed by atoms with Crippen LogP contribution in [-0.4, -0.2) is 35.7 Å². The molecular formula is C29H37NO7. The van der Waals surface area contributed by atoms with E-state index in [1.54, 1.807) is 90.1 Å². The van der Waals surface area contributed by atoms with Crippen LogP contribution in [0.3, 0.4) is 0 Å². The van der Waals surface area contributed by atoms with Crippen molar-refractivity contribution in [3.05, 3.63) is 65.9 Å². The lowest BCUT2D eigenvalue weighted by Gasteiger charge is -2.22. The van der Waals surface area contributed by atoms with Gasteiger partial charge in [0.2, 0.25) is 5.76 Å². The summed E-state index contributed by atoms with van der Waals surface area (Å²) in [7, 11) is 0. The van der Waals surface area contributed by atoms with E-state index in [-0.39, 0.29) is 17.4 Å². The number of carbonyl (C=O) groups is 3. The highest BCUT2D eigenvalue weighted by Gasteiger charge is 2.25. The molecule has 0 spiro atoms. The molecule has 0 radical (unpaired) electrons. The van der Waals surface area contributed by atoms with E-state index >= 15 is 0 Å². The molecule has 0 saturated heterocycles. The number of hydrogen-bond donors (Lipinski definition) is 1. The Balaban J connectivity index is 2.25. The van der Waals surface area contributed by atoms with Gasteiger partial charge in [0.15, 0.2) is 5.75 Å². The van der Waals surface area contributed by atoms with Crippen molar-refractivity contribution in [2.24, 2.45) is 0 Å². The normalized spacial score (nSPS) is 11.9. The largest absolute Gasteiger partial charge is 0.494 e. The maximum Gasteiger partial charge on any atom is 0.375 e. The molecule has 37 heavy (non-hydrogen) atoms. The number of anilines is 1. The van der Waals surface area contributed by atoms with Gasteiger partial charge < -0.3 is 24.3 Å². The second-order valence-electron chi connectivity index (χ2n) is 10.3. The van der Waals surface area contributed by atoms with Crippen LogP contribution in [0.4, 0.5) is 5.69 Å². The first kappa shape index (κ1) is 29.4. The van der Waals surface area contributed by atoms with E-state index < -0.39 is 23.1 Å². The van der Waals surface area contributed by atoms with E-state index in [9.17, 15) is 14.4 Å². The van der Waals surface area contributed by atoms with E-state index in [1.165, 1.54) is 0 Å². The van der Waals surface area contributed by atoms with Crippen LogP contribution in [0.1, 0.15) is 71.7 Å². The quantitative estimate of drug-likeness (QED) is 0.179. The molecule has 0 aliphatic carbocycles. The van der Waals surface area contributed by atoms with Crippen LogP contribution < -0.4 is 14.8 Å². The predicted octanol–water partition coefficient (Wildman–Crippen LogP) is 6.06. The Morgan fingerprint density at radius 3 is 2.08 bits per heavy atom. The second kappa shape index (κ2) is 12.9. The van der Waals surface area contributed by atoms with Gasteiger partial charge in [0.05, 0.1) is 18.4 Å². The third-order valence-corrected chi connectivity index (χ3v) is 4.49. The number of ether oxygens (including phenoxy) is 4. The van der Waals surface area contributed by atoms with Crippen molar-refractivity contribution in [3.63, 3.8) is 0 Å². The van der Waals surface area contributed by atoms with Gasteiger partial charge in [-0.05, 0) is 84.4 Å². The number of nitrogens with one attached hydrogen (secondary N) is 1. The minimum atomic E-state index is -0.849. The Labute approximate surface area is 218 Å². The summed E-state index contributed by atoms with van der Waals surface area (Å²) in [6.45, 7) is 12.9. The molecule has 0 aromatic heterocycles. The lowest BCUT2D eigenvalue weighted by molar-refractivity contribution is -0.154. The van der Waals surface area contributed by atoms with Crippen molar-refractivity contribution in [2.45, 2.75) is 72.5 Å². The van der Waals surface area contributed by atoms with Crippen LogP contribution in [0.5, 0.6) is 11.5 Å². The molecule has 200 valence electrons. The maximum atomic E-state index is 12.9. The third kappa shape index (κ3) is 10.8. The predicted molar refractivity (Wildman–Crippen MR) is 142 cm³/mol. The molecule has 0 heterocycles. The molecule has 1 N–H and O–H groups in total. The van der Waals surface area contributed by atoms with Gasteiger partial charge in [-0.3, -0.25) is 4.79 Å². The molecule has 0 bridgehead atoms. The maximum absolute atomic E-state index is 12.9. The monoisotopic (exact) mass is 511 g/mol. The average Bonchev–Trinajstić information content (AvgIpc) is 2.78. The zero-order chi connectivity index (χ0) is 27.6. The zero-order valence-corrected chi connectivity index (χ0v) is 22.7. The fourth-order valence-electron chi connectivity index (χ4n) is 2.91. The van der Waals surface area contributed by atoms with Crippen molar-refractivity contribution >= 4 is 23.5 Å². The topological polar surface area (TPSA) is 100 Å². The molecule has 8 nitrogen and oxygen atoms in total. The van der Waals surface area contributed by atoms with Gasteiger partial charge in [-0.15, -0.1) is 0 Å². The molecule has 2 aromatic rings. The van der Waals surface area contributed by atoms with Crippen LogP contribution in [0.25, 0.3) is 0 Å². The van der Waals surface area contributed by atoms with Crippen molar-refractivity contribution in [3.8, 4) is 11.5 Å². The minimum Gasteiger partial charge on any atom is -0.494 e. The van der Waals surface area contributed by atoms with Crippen LogP contribution in [0.15, 0.2) is 60.4 Å². The van der Waals surface area contributed by atoms with Crippen molar-refractivity contribution in [1.29, 1.82) is 0 Å². The Bertz CT molecular complexity index is 1110. The highest BCUT2D eigenvalue weighted by molar-refractivity contribution is 6.05. The average molecular weight is 512 g/mol. The Hall–Kier alpha value is -3.81. The van der Waals surface area contributed by atoms with Crippen LogP contribution in [-0.2, 0) is 19.1 Å². The molecule has 2 aromatic carbocycles. The Morgan fingerprint density at radius 2 is 1.49 bits per heavy atom. The molecular weight excluding hydrogens is 474 g/mol. The summed E-state index contributed by atoms with van der Waals surface area (Å²) in [5.74, 6) is -1.54. The highest BCUT2D eigenvalue weighted by Crippen LogP contribution is 2.28. The van der Waals surface area contributed by atoms with Crippen molar-refractivity contribution in [2.75, 3.05) is 11.9 Å². The Morgan fingerprint density at radius 1 is 0.865 bits per heavy atom. The summed E-state index contributed by atoms with van der Waals surface area (Å²) in [6.07, 6.45) is 2.92. The molecule has 0 aliphatic rings. The molecule has 0 fully saturated rings. The molecule has 0 saturated carbocycles. The summed E-state index contributed by atoms with van der Waals surface area (Å²) >= 11 is 0. The van der Waals surface area contributed by atoms with E-state index in [4.69, 9.17) is 18.9 Å². The number of rotatable bonds is 10. The third-order valence-electron chi connectivity index (χ3n) is 4.49. The summed E-state index contributed by atoms with van der Waals surface area (Å²) in [6, 6.07) is 13.4. The number of amides is 1. The first-order chi connectivity index (χ1) is 17.3. The lowest BCUT2D eigenvalue weighted by Crippen LogP contribution is -2.28. The van der Waals surface area contributed by atoms with Crippen molar-refractivity contribution in [1.82, 2.24) is 0 Å². The van der Waals surface area contributed by atoms with Crippen LogP contribution in [0.2, 0.25) is 0 Å². The molecule has 2 rings (SSSR count). The molecule has 0 atom stereocenters. The minimum absolute atomic E-state index is 0.149. The molecule has 0 aliphatic heterocycles. The van der Waals surface area contributed by atoms with Gasteiger partial charge in [0, 0.05) is 5.56 Å². The standard InChI is InChI=1S/C29H37NO7/c1-8-9-18-34-21-16-14-20(15-17-21)26(32)30-22-12-10-11-13-23(22)35-24(27(33)37-29(5,6)7)19-25(31)36-28(2,3)4/h10-17,19H,8-9,18H2,1-7H3,(H,30,32)/b24-19+. The fraction of sp³-hybridized carbons (Fsp3) is 0.414. The summed E-state index contributed by atoms with van der Waals surface area (Å²) in [4.78, 5) is 38.1. The van der Waals surface area contributed by atoms with E-state index in [1.807, 2.05) is 0 Å². The number of esters is 2. The summed E-state index contributed by atoms with van der Waals surface area (Å²) in [5.41, 5.74) is -0.883. The van der Waals surface area contributed by atoms with E-state index in [0.717, 1.165) is 18.9 Å². The van der Waals surface area contributed by atoms with Gasteiger partial charge in [0.1, 0.15) is 17.0 Å². The second-order valence-corrected chi connectivity index (χ2v) is 10.3. The molecule has 8 heteroatoms. The van der Waals surface area contributed by atoms with Gasteiger partial charge in [-0.2, -0.15) is 0 Å². The van der Waals surface area contributed by atoms with Gasteiger partial charge in [-0.25, -0.2) is 9.59 Å². The molecule has 0 unspecified atom stereocenters. The van der Waals surface area contributed by atoms with Gasteiger partial charge in [0.25, 0.3) is 5.91 Å². The number of carbonyl (C=O) groups excluding carboxylic acids is 3. The van der Waals surface area contributed by atoms with E-state index in [2.05, 4.69) is 12.2 Å². The van der Waals surface area contributed by atoms with Crippen molar-refractivity contribution < 1.29 is 33.3 Å². The summed E-state index contributed by atoms with van der Waals surface area (Å²) < 4.78 is 22.1. The Kier molecular flexibility index (Phi) is 10.3. The summed E-state index contributed by atoms with van der Waals surface area (Å²) in [5, 5.41) is 2.78. The van der Waals surface area contributed by atoms with Gasteiger partial charge in [-0.1, -0.05) is 25.5 Å². The fourth-order valence-corrected chi connectivity index (χ4v) is 2.91. The highest BCUT2D eigenvalue weighted by atomic mass is 16.6. The molecule has 1 amide bonds. The van der Waals surface area contributed by atoms with Gasteiger partial charge >= 0.3 is 11.9 Å². The smallest absolute Gasteiger partial charge is 0.375 e.